The summed E-state index contributed by atoms with van der Waals surface area (Å²) in [5.74, 6) is -0.388. The molecule has 0 unspecified atom stereocenters. The second-order valence-corrected chi connectivity index (χ2v) is 5.57. The number of ether oxygens (including phenoxy) is 1. The van der Waals surface area contributed by atoms with Crippen LogP contribution in [0.25, 0.3) is 0 Å². The Morgan fingerprint density at radius 3 is 1.81 bits per heavy atom. The third-order valence-electron chi connectivity index (χ3n) is 3.57. The smallest absolute Gasteiger partial charge is 0.325 e. The largest absolute Gasteiger partial charge is 0.464 e. The predicted octanol–water partition coefficient (Wildman–Crippen LogP) is 3.89. The highest BCUT2D eigenvalue weighted by molar-refractivity contribution is 5.74. The van der Waals surface area contributed by atoms with Crippen molar-refractivity contribution in [1.82, 2.24) is 5.32 Å². The van der Waals surface area contributed by atoms with Crippen LogP contribution in [0.2, 0.25) is 0 Å². The van der Waals surface area contributed by atoms with E-state index in [0.717, 1.165) is 12.8 Å². The van der Waals surface area contributed by atoms with Gasteiger partial charge in [0.05, 0.1) is 6.61 Å². The standard InChI is InChI=1S/C17H32NO3/c1-2-3-4-5-6-7-8-9-10-11-12-13-14-21-17(20)15-18-16-19/h2-15H2,1H3,(H,18,19). The number of esters is 1. The van der Waals surface area contributed by atoms with E-state index in [9.17, 15) is 9.59 Å². The molecule has 0 atom stereocenters. The first-order valence-corrected chi connectivity index (χ1v) is 8.57. The zero-order chi connectivity index (χ0) is 15.6. The van der Waals surface area contributed by atoms with Crippen LogP contribution in [0.15, 0.2) is 0 Å². The zero-order valence-corrected chi connectivity index (χ0v) is 13.6. The number of carbonyl (C=O) groups is 1. The summed E-state index contributed by atoms with van der Waals surface area (Å²) in [4.78, 5) is 20.9. The van der Waals surface area contributed by atoms with Crippen molar-refractivity contribution in [2.45, 2.75) is 84.0 Å². The molecule has 0 aliphatic heterocycles. The van der Waals surface area contributed by atoms with Crippen molar-refractivity contribution in [3.8, 4) is 0 Å². The van der Waals surface area contributed by atoms with Gasteiger partial charge in [0.25, 0.3) is 0 Å². The molecular weight excluding hydrogens is 266 g/mol. The second kappa shape index (κ2) is 17.0. The van der Waals surface area contributed by atoms with Gasteiger partial charge >= 0.3 is 12.4 Å². The van der Waals surface area contributed by atoms with Crippen molar-refractivity contribution >= 4 is 12.4 Å². The summed E-state index contributed by atoms with van der Waals surface area (Å²) < 4.78 is 4.96. The van der Waals surface area contributed by atoms with Gasteiger partial charge in [0.2, 0.25) is 0 Å². The molecule has 0 bridgehead atoms. The van der Waals surface area contributed by atoms with E-state index in [0.29, 0.717) is 6.61 Å². The van der Waals surface area contributed by atoms with E-state index in [2.05, 4.69) is 12.2 Å². The molecule has 4 nitrogen and oxygen atoms in total. The van der Waals surface area contributed by atoms with Crippen molar-refractivity contribution in [3.63, 3.8) is 0 Å². The first kappa shape index (κ1) is 19.9. The molecule has 0 heterocycles. The van der Waals surface area contributed by atoms with Crippen LogP contribution in [-0.2, 0) is 14.3 Å². The summed E-state index contributed by atoms with van der Waals surface area (Å²) in [7, 11) is 0. The van der Waals surface area contributed by atoms with Crippen molar-refractivity contribution in [2.24, 2.45) is 0 Å². The number of amides is 1. The molecule has 21 heavy (non-hydrogen) atoms. The fourth-order valence-corrected chi connectivity index (χ4v) is 2.29. The van der Waals surface area contributed by atoms with Gasteiger partial charge in [0, 0.05) is 0 Å². The molecule has 0 fully saturated rings. The van der Waals surface area contributed by atoms with Crippen LogP contribution in [0.5, 0.6) is 0 Å². The quantitative estimate of drug-likeness (QED) is 0.267. The molecule has 0 aromatic rings. The Balaban J connectivity index is 3.05. The molecule has 0 rings (SSSR count). The number of hydrogen-bond acceptors (Lipinski definition) is 3. The molecule has 0 aromatic heterocycles. The number of hydrogen-bond donors (Lipinski definition) is 1. The van der Waals surface area contributed by atoms with Crippen LogP contribution < -0.4 is 5.32 Å². The second-order valence-electron chi connectivity index (χ2n) is 5.57. The highest BCUT2D eigenvalue weighted by atomic mass is 16.5. The van der Waals surface area contributed by atoms with Gasteiger partial charge in [-0.3, -0.25) is 9.59 Å². The summed E-state index contributed by atoms with van der Waals surface area (Å²) >= 11 is 0. The Bertz CT molecular complexity index is 244. The lowest BCUT2D eigenvalue weighted by Gasteiger charge is -2.04. The highest BCUT2D eigenvalue weighted by Crippen LogP contribution is 2.11. The van der Waals surface area contributed by atoms with E-state index in [1.165, 1.54) is 70.6 Å². The van der Waals surface area contributed by atoms with Crippen molar-refractivity contribution in [3.05, 3.63) is 0 Å². The minimum absolute atomic E-state index is 0.0816. The number of carbonyl (C=O) groups excluding carboxylic acids is 2. The Kier molecular flexibility index (Phi) is 16.1. The molecule has 123 valence electrons. The lowest BCUT2D eigenvalue weighted by molar-refractivity contribution is -0.142. The Labute approximate surface area is 130 Å². The average molecular weight is 298 g/mol. The van der Waals surface area contributed by atoms with Crippen molar-refractivity contribution < 1.29 is 14.3 Å². The minimum Gasteiger partial charge on any atom is -0.464 e. The van der Waals surface area contributed by atoms with E-state index in [1.807, 2.05) is 0 Å². The molecule has 4 heteroatoms. The van der Waals surface area contributed by atoms with Gasteiger partial charge in [-0.15, -0.1) is 0 Å². The van der Waals surface area contributed by atoms with Gasteiger partial charge < -0.3 is 10.1 Å². The van der Waals surface area contributed by atoms with Gasteiger partial charge in [-0.05, 0) is 6.42 Å². The van der Waals surface area contributed by atoms with Crippen LogP contribution in [0.3, 0.4) is 0 Å². The van der Waals surface area contributed by atoms with Gasteiger partial charge in [-0.25, -0.2) is 0 Å². The summed E-state index contributed by atoms with van der Waals surface area (Å²) in [5.41, 5.74) is 0. The Morgan fingerprint density at radius 2 is 1.33 bits per heavy atom. The van der Waals surface area contributed by atoms with E-state index in [4.69, 9.17) is 4.74 Å². The first-order valence-electron chi connectivity index (χ1n) is 8.57. The monoisotopic (exact) mass is 298 g/mol. The molecule has 0 aliphatic carbocycles. The average Bonchev–Trinajstić information content (AvgIpc) is 2.49. The molecule has 0 spiro atoms. The number of unbranched alkanes of at least 4 members (excludes halogenated alkanes) is 11. The Morgan fingerprint density at radius 1 is 0.857 bits per heavy atom. The predicted molar refractivity (Wildman–Crippen MR) is 85.7 cm³/mol. The number of nitrogens with one attached hydrogen (secondary N) is 1. The van der Waals surface area contributed by atoms with Crippen LogP contribution in [0.1, 0.15) is 84.0 Å². The first-order chi connectivity index (χ1) is 10.3. The fraction of sp³-hybridized carbons (Fsp3) is 0.882. The van der Waals surface area contributed by atoms with Gasteiger partial charge in [-0.1, -0.05) is 77.6 Å². The number of rotatable bonds is 16. The molecule has 0 saturated heterocycles. The van der Waals surface area contributed by atoms with E-state index in [-0.39, 0.29) is 12.5 Å². The third-order valence-corrected chi connectivity index (χ3v) is 3.57. The van der Waals surface area contributed by atoms with Crippen LogP contribution >= 0.6 is 0 Å². The maximum absolute atomic E-state index is 11.0. The van der Waals surface area contributed by atoms with Gasteiger partial charge in [-0.2, -0.15) is 0 Å². The molecule has 0 saturated carbocycles. The van der Waals surface area contributed by atoms with Crippen LogP contribution in [-0.4, -0.2) is 25.5 Å². The lowest BCUT2D eigenvalue weighted by Crippen LogP contribution is -2.23. The molecule has 1 amide bonds. The van der Waals surface area contributed by atoms with Crippen molar-refractivity contribution in [2.75, 3.05) is 13.2 Å². The normalized spacial score (nSPS) is 10.3. The third kappa shape index (κ3) is 16.9. The van der Waals surface area contributed by atoms with Gasteiger partial charge in [0.1, 0.15) is 6.54 Å². The van der Waals surface area contributed by atoms with Gasteiger partial charge in [0.15, 0.2) is 0 Å². The van der Waals surface area contributed by atoms with E-state index in [1.54, 1.807) is 0 Å². The maximum atomic E-state index is 11.0. The van der Waals surface area contributed by atoms with E-state index < -0.39 is 0 Å². The lowest BCUT2D eigenvalue weighted by atomic mass is 10.1. The summed E-state index contributed by atoms with van der Waals surface area (Å²) in [6.07, 6.45) is 16.9. The van der Waals surface area contributed by atoms with E-state index >= 15 is 0 Å². The summed E-state index contributed by atoms with van der Waals surface area (Å²) in [6.45, 7) is 2.63. The molecule has 1 radical (unpaired) electrons. The summed E-state index contributed by atoms with van der Waals surface area (Å²) in [6, 6.07) is 0. The van der Waals surface area contributed by atoms with Crippen molar-refractivity contribution in [1.29, 1.82) is 0 Å². The SMILES string of the molecule is CCCCCCCCCCCCCCOC(=O)CN[C]=O. The van der Waals surface area contributed by atoms with Crippen LogP contribution in [0.4, 0.5) is 0 Å². The molecule has 0 aliphatic rings. The molecular formula is C17H32NO3. The fourth-order valence-electron chi connectivity index (χ4n) is 2.29. The topological polar surface area (TPSA) is 55.4 Å². The molecule has 1 N–H and O–H groups in total. The summed E-state index contributed by atoms with van der Waals surface area (Å²) in [5, 5.41) is 2.16. The van der Waals surface area contributed by atoms with Crippen LogP contribution in [0, 0.1) is 0 Å². The maximum Gasteiger partial charge on any atom is 0.325 e. The highest BCUT2D eigenvalue weighted by Gasteiger charge is 2.00. The Hall–Kier alpha value is -1.06. The zero-order valence-electron chi connectivity index (χ0n) is 13.6. The minimum atomic E-state index is -0.388. The molecule has 0 aromatic carbocycles.